The highest BCUT2D eigenvalue weighted by Crippen LogP contribution is 2.42. The van der Waals surface area contributed by atoms with E-state index in [-0.39, 0.29) is 12.5 Å². The van der Waals surface area contributed by atoms with E-state index in [4.69, 9.17) is 14.6 Å². The van der Waals surface area contributed by atoms with E-state index >= 15 is 0 Å². The smallest absolute Gasteiger partial charge is 0.328 e. The summed E-state index contributed by atoms with van der Waals surface area (Å²) in [6.07, 6.45) is 4.38. The number of amides is 1. The van der Waals surface area contributed by atoms with Crippen LogP contribution in [0.1, 0.15) is 32.3 Å². The molecule has 0 radical (unpaired) electrons. The maximum Gasteiger partial charge on any atom is 0.328 e. The molecule has 1 aromatic rings. The highest BCUT2D eigenvalue weighted by Gasteiger charge is 2.28. The molecule has 23 heavy (non-hydrogen) atoms. The van der Waals surface area contributed by atoms with Crippen molar-refractivity contribution in [3.05, 3.63) is 23.8 Å². The van der Waals surface area contributed by atoms with Crippen LogP contribution in [0.5, 0.6) is 11.5 Å². The summed E-state index contributed by atoms with van der Waals surface area (Å²) in [5.74, 6) is -0.0809. The molecule has 1 aliphatic heterocycles. The average Bonchev–Trinajstić information content (AvgIpc) is 2.52. The van der Waals surface area contributed by atoms with Gasteiger partial charge in [0.05, 0.1) is 12.3 Å². The lowest BCUT2D eigenvalue weighted by atomic mass is 10.1. The zero-order valence-electron chi connectivity index (χ0n) is 13.4. The standard InChI is InChI=1S/C17H21NO5/c1-3-5-8-18-13-9-12(6-7-16(20)21)10-14(22-4-2)17(13)23-11-15(18)19/h6-7,9-10H,3-5,8,11H2,1-2H3,(H,20,21)/b7-6+. The van der Waals surface area contributed by atoms with Gasteiger partial charge in [-0.15, -0.1) is 0 Å². The van der Waals surface area contributed by atoms with Crippen molar-refractivity contribution >= 4 is 23.6 Å². The van der Waals surface area contributed by atoms with Gasteiger partial charge in [-0.2, -0.15) is 0 Å². The average molecular weight is 319 g/mol. The summed E-state index contributed by atoms with van der Waals surface area (Å²) in [7, 11) is 0. The maximum atomic E-state index is 12.2. The number of carboxylic acid groups (broad SMARTS) is 1. The predicted octanol–water partition coefficient (Wildman–Crippen LogP) is 2.71. The monoisotopic (exact) mass is 319 g/mol. The van der Waals surface area contributed by atoms with Gasteiger partial charge in [0.25, 0.3) is 5.91 Å². The molecule has 0 saturated carbocycles. The number of aliphatic carboxylic acids is 1. The molecule has 0 saturated heterocycles. The normalized spacial score (nSPS) is 13.8. The predicted molar refractivity (Wildman–Crippen MR) is 87.0 cm³/mol. The van der Waals surface area contributed by atoms with E-state index in [1.54, 1.807) is 17.0 Å². The molecule has 0 bridgehead atoms. The minimum absolute atomic E-state index is 0.0128. The topological polar surface area (TPSA) is 76.1 Å². The van der Waals surface area contributed by atoms with Crippen molar-refractivity contribution in [2.24, 2.45) is 0 Å². The number of nitrogens with zero attached hydrogens (tertiary/aromatic N) is 1. The van der Waals surface area contributed by atoms with Gasteiger partial charge in [-0.3, -0.25) is 4.79 Å². The number of unbranched alkanes of at least 4 members (excludes halogenated alkanes) is 1. The molecule has 0 atom stereocenters. The number of benzene rings is 1. The van der Waals surface area contributed by atoms with Crippen LogP contribution in [-0.4, -0.2) is 36.7 Å². The number of hydrogen-bond donors (Lipinski definition) is 1. The SMILES string of the molecule is CCCCN1C(=O)COc2c(OCC)cc(/C=C/C(=O)O)cc21. The molecule has 1 heterocycles. The van der Waals surface area contributed by atoms with Gasteiger partial charge in [0.15, 0.2) is 18.1 Å². The molecule has 1 amide bonds. The first-order valence-electron chi connectivity index (χ1n) is 7.71. The molecule has 2 rings (SSSR count). The summed E-state index contributed by atoms with van der Waals surface area (Å²) >= 11 is 0. The highest BCUT2D eigenvalue weighted by molar-refractivity contribution is 5.99. The van der Waals surface area contributed by atoms with E-state index < -0.39 is 5.97 Å². The Morgan fingerprint density at radius 3 is 2.87 bits per heavy atom. The van der Waals surface area contributed by atoms with Crippen LogP contribution in [0.15, 0.2) is 18.2 Å². The fourth-order valence-electron chi connectivity index (χ4n) is 2.39. The van der Waals surface area contributed by atoms with E-state index in [0.717, 1.165) is 18.9 Å². The maximum absolute atomic E-state index is 12.2. The molecule has 6 nitrogen and oxygen atoms in total. The molecule has 1 aromatic carbocycles. The molecular weight excluding hydrogens is 298 g/mol. The zero-order valence-corrected chi connectivity index (χ0v) is 13.4. The molecule has 1 N–H and O–H groups in total. The van der Waals surface area contributed by atoms with Crippen molar-refractivity contribution in [1.29, 1.82) is 0 Å². The van der Waals surface area contributed by atoms with E-state index in [2.05, 4.69) is 6.92 Å². The number of carbonyl (C=O) groups excluding carboxylic acids is 1. The minimum atomic E-state index is -1.03. The number of ether oxygens (including phenoxy) is 2. The molecule has 124 valence electrons. The van der Waals surface area contributed by atoms with Crippen molar-refractivity contribution < 1.29 is 24.2 Å². The number of fused-ring (bicyclic) bond motifs is 1. The van der Waals surface area contributed by atoms with Gasteiger partial charge in [-0.25, -0.2) is 4.79 Å². The second-order valence-electron chi connectivity index (χ2n) is 5.16. The number of anilines is 1. The van der Waals surface area contributed by atoms with Crippen molar-refractivity contribution in [2.75, 3.05) is 24.7 Å². The Morgan fingerprint density at radius 2 is 2.22 bits per heavy atom. The van der Waals surface area contributed by atoms with Gasteiger partial charge in [-0.1, -0.05) is 13.3 Å². The third-order valence-electron chi connectivity index (χ3n) is 3.44. The van der Waals surface area contributed by atoms with Crippen molar-refractivity contribution in [2.45, 2.75) is 26.7 Å². The largest absolute Gasteiger partial charge is 0.490 e. The Balaban J connectivity index is 2.47. The quantitative estimate of drug-likeness (QED) is 0.782. The number of hydrogen-bond acceptors (Lipinski definition) is 4. The first-order valence-corrected chi connectivity index (χ1v) is 7.71. The van der Waals surface area contributed by atoms with Gasteiger partial charge in [0.1, 0.15) is 0 Å². The van der Waals surface area contributed by atoms with Gasteiger partial charge in [0.2, 0.25) is 0 Å². The molecule has 0 unspecified atom stereocenters. The van der Waals surface area contributed by atoms with Gasteiger partial charge < -0.3 is 19.5 Å². The second kappa shape index (κ2) is 7.67. The van der Waals surface area contributed by atoms with Gasteiger partial charge >= 0.3 is 5.97 Å². The summed E-state index contributed by atoms with van der Waals surface area (Å²) in [6.45, 7) is 4.95. The lowest BCUT2D eigenvalue weighted by Crippen LogP contribution is -2.39. The first kappa shape index (κ1) is 16.9. The third kappa shape index (κ3) is 4.03. The lowest BCUT2D eigenvalue weighted by Gasteiger charge is -2.30. The first-order chi connectivity index (χ1) is 11.1. The van der Waals surface area contributed by atoms with Crippen molar-refractivity contribution in [3.8, 4) is 11.5 Å². The van der Waals surface area contributed by atoms with E-state index in [0.29, 0.717) is 35.9 Å². The van der Waals surface area contributed by atoms with Crippen LogP contribution in [0.25, 0.3) is 6.08 Å². The molecule has 6 heteroatoms. The highest BCUT2D eigenvalue weighted by atomic mass is 16.5. The summed E-state index contributed by atoms with van der Waals surface area (Å²) in [4.78, 5) is 24.6. The minimum Gasteiger partial charge on any atom is -0.490 e. The lowest BCUT2D eigenvalue weighted by molar-refractivity contribution is -0.131. The van der Waals surface area contributed by atoms with E-state index in [1.807, 2.05) is 6.92 Å². The molecule has 0 fully saturated rings. The van der Waals surface area contributed by atoms with Gasteiger partial charge in [0, 0.05) is 12.6 Å². The van der Waals surface area contributed by atoms with Crippen LogP contribution < -0.4 is 14.4 Å². The fraction of sp³-hybridized carbons (Fsp3) is 0.412. The Bertz CT molecular complexity index is 624. The number of rotatable bonds is 7. The zero-order chi connectivity index (χ0) is 16.8. The van der Waals surface area contributed by atoms with Crippen LogP contribution in [0.2, 0.25) is 0 Å². The van der Waals surface area contributed by atoms with Crippen molar-refractivity contribution in [3.63, 3.8) is 0 Å². The molecule has 0 aliphatic carbocycles. The fourth-order valence-corrected chi connectivity index (χ4v) is 2.39. The third-order valence-corrected chi connectivity index (χ3v) is 3.44. The molecule has 1 aliphatic rings. The van der Waals surface area contributed by atoms with Crippen LogP contribution in [-0.2, 0) is 9.59 Å². The summed E-state index contributed by atoms with van der Waals surface area (Å²) in [5, 5.41) is 8.79. The van der Waals surface area contributed by atoms with Crippen LogP contribution in [0.3, 0.4) is 0 Å². The number of carboxylic acids is 1. The summed E-state index contributed by atoms with van der Waals surface area (Å²) in [5.41, 5.74) is 1.28. The molecular formula is C17H21NO5. The van der Waals surface area contributed by atoms with Crippen molar-refractivity contribution in [1.82, 2.24) is 0 Å². The summed E-state index contributed by atoms with van der Waals surface area (Å²) in [6, 6.07) is 3.47. The van der Waals surface area contributed by atoms with E-state index in [9.17, 15) is 9.59 Å². The van der Waals surface area contributed by atoms with Crippen LogP contribution >= 0.6 is 0 Å². The summed E-state index contributed by atoms with van der Waals surface area (Å²) < 4.78 is 11.1. The Labute approximate surface area is 135 Å². The second-order valence-corrected chi connectivity index (χ2v) is 5.16. The Kier molecular flexibility index (Phi) is 5.62. The van der Waals surface area contributed by atoms with Gasteiger partial charge in [-0.05, 0) is 37.1 Å². The van der Waals surface area contributed by atoms with Crippen LogP contribution in [0, 0.1) is 0 Å². The number of carbonyl (C=O) groups is 2. The van der Waals surface area contributed by atoms with Crippen LogP contribution in [0.4, 0.5) is 5.69 Å². The Morgan fingerprint density at radius 1 is 1.43 bits per heavy atom. The van der Waals surface area contributed by atoms with E-state index in [1.165, 1.54) is 6.08 Å². The Hall–Kier alpha value is -2.50. The molecule has 0 aromatic heterocycles. The molecule has 0 spiro atoms.